The second kappa shape index (κ2) is 3.05. The highest BCUT2D eigenvalue weighted by atomic mass is 14.7. The maximum atomic E-state index is 5.64. The van der Waals surface area contributed by atoms with E-state index in [9.17, 15) is 0 Å². The first kappa shape index (κ1) is 7.60. The third kappa shape index (κ3) is 1.49. The number of hydrogen-bond acceptors (Lipinski definition) is 3. The van der Waals surface area contributed by atoms with Gasteiger partial charge in [-0.25, -0.2) is 0 Å². The fourth-order valence-corrected chi connectivity index (χ4v) is 0.880. The van der Waals surface area contributed by atoms with Gasteiger partial charge in [0.1, 0.15) is 0 Å². The van der Waals surface area contributed by atoms with Crippen molar-refractivity contribution in [3.8, 4) is 0 Å². The number of nitrogen functional groups attached to an aromatic ring is 2. The zero-order chi connectivity index (χ0) is 8.27. The summed E-state index contributed by atoms with van der Waals surface area (Å²) >= 11 is 0. The van der Waals surface area contributed by atoms with Crippen molar-refractivity contribution in [1.82, 2.24) is 0 Å². The molecule has 11 heavy (non-hydrogen) atoms. The largest absolute Gasteiger partial charge is 0.398 e. The molecule has 1 aromatic carbocycles. The zero-order valence-corrected chi connectivity index (χ0v) is 6.41. The Hall–Kier alpha value is -1.51. The van der Waals surface area contributed by atoms with Crippen LogP contribution in [0.15, 0.2) is 23.2 Å². The van der Waals surface area contributed by atoms with Crippen LogP contribution in [0.1, 0.15) is 5.56 Å². The van der Waals surface area contributed by atoms with Crippen LogP contribution in [0.4, 0.5) is 11.4 Å². The van der Waals surface area contributed by atoms with Gasteiger partial charge in [0, 0.05) is 30.2 Å². The van der Waals surface area contributed by atoms with Gasteiger partial charge in [-0.2, -0.15) is 0 Å². The minimum Gasteiger partial charge on any atom is -0.398 e. The van der Waals surface area contributed by atoms with E-state index in [2.05, 4.69) is 4.99 Å². The maximum absolute atomic E-state index is 5.64. The molecule has 0 amide bonds. The number of aliphatic imine (C=N–C) groups is 1. The Morgan fingerprint density at radius 2 is 1.82 bits per heavy atom. The summed E-state index contributed by atoms with van der Waals surface area (Å²) in [5.41, 5.74) is 13.4. The first-order chi connectivity index (χ1) is 5.25. The van der Waals surface area contributed by atoms with Crippen molar-refractivity contribution in [2.75, 3.05) is 18.5 Å². The van der Waals surface area contributed by atoms with E-state index in [1.165, 1.54) is 0 Å². The van der Waals surface area contributed by atoms with Gasteiger partial charge in [0.05, 0.1) is 0 Å². The minimum absolute atomic E-state index is 0.663. The average Bonchev–Trinajstić information content (AvgIpc) is 1.97. The van der Waals surface area contributed by atoms with E-state index in [-0.39, 0.29) is 0 Å². The Labute approximate surface area is 65.7 Å². The van der Waals surface area contributed by atoms with Crippen LogP contribution < -0.4 is 11.5 Å². The molecule has 0 fully saturated rings. The molecular weight excluding hydrogens is 138 g/mol. The van der Waals surface area contributed by atoms with Gasteiger partial charge in [-0.1, -0.05) is 6.07 Å². The number of nitrogens with two attached hydrogens (primary N) is 2. The van der Waals surface area contributed by atoms with E-state index in [4.69, 9.17) is 11.5 Å². The van der Waals surface area contributed by atoms with Crippen LogP contribution in [0.5, 0.6) is 0 Å². The molecule has 0 aliphatic rings. The molecule has 0 bridgehead atoms. The predicted octanol–water partition coefficient (Wildman–Crippen LogP) is 0.900. The van der Waals surface area contributed by atoms with Crippen LogP contribution in [0.25, 0.3) is 0 Å². The summed E-state index contributed by atoms with van der Waals surface area (Å²) in [4.78, 5) is 3.84. The van der Waals surface area contributed by atoms with Crippen molar-refractivity contribution in [1.29, 1.82) is 0 Å². The summed E-state index contributed by atoms with van der Waals surface area (Å²) in [5, 5.41) is 0. The molecule has 0 saturated carbocycles. The Balaban J connectivity index is 3.20. The fourth-order valence-electron chi connectivity index (χ4n) is 0.880. The molecule has 3 nitrogen and oxygen atoms in total. The van der Waals surface area contributed by atoms with Crippen LogP contribution >= 0.6 is 0 Å². The van der Waals surface area contributed by atoms with Crippen molar-refractivity contribution in [3.05, 3.63) is 23.8 Å². The molecular formula is C8H11N3. The lowest BCUT2D eigenvalue weighted by molar-refractivity contribution is 1.46. The number of hydrogen-bond donors (Lipinski definition) is 2. The summed E-state index contributed by atoms with van der Waals surface area (Å²) in [6, 6.07) is 5.42. The SMILES string of the molecule is C/N=C\c1c(N)cccc1N. The van der Waals surface area contributed by atoms with Crippen molar-refractivity contribution in [2.24, 2.45) is 4.99 Å². The highest BCUT2D eigenvalue weighted by Crippen LogP contribution is 2.15. The molecule has 1 aromatic rings. The van der Waals surface area contributed by atoms with Crippen LogP contribution in [-0.4, -0.2) is 13.3 Å². The van der Waals surface area contributed by atoms with E-state index in [1.54, 1.807) is 25.4 Å². The number of benzene rings is 1. The van der Waals surface area contributed by atoms with Gasteiger partial charge in [0.25, 0.3) is 0 Å². The van der Waals surface area contributed by atoms with Gasteiger partial charge in [0.2, 0.25) is 0 Å². The molecule has 0 spiro atoms. The molecule has 0 atom stereocenters. The Bertz CT molecular complexity index is 258. The molecule has 3 heteroatoms. The van der Waals surface area contributed by atoms with Crippen LogP contribution in [0, 0.1) is 0 Å². The van der Waals surface area contributed by atoms with E-state index < -0.39 is 0 Å². The van der Waals surface area contributed by atoms with E-state index in [0.29, 0.717) is 11.4 Å². The molecule has 58 valence electrons. The van der Waals surface area contributed by atoms with Gasteiger partial charge in [-0.05, 0) is 12.1 Å². The van der Waals surface area contributed by atoms with E-state index in [0.717, 1.165) is 5.56 Å². The molecule has 0 radical (unpaired) electrons. The first-order valence-electron chi connectivity index (χ1n) is 3.32. The fraction of sp³-hybridized carbons (Fsp3) is 0.125. The molecule has 1 rings (SSSR count). The lowest BCUT2D eigenvalue weighted by atomic mass is 10.1. The number of anilines is 2. The van der Waals surface area contributed by atoms with Crippen LogP contribution in [-0.2, 0) is 0 Å². The van der Waals surface area contributed by atoms with Crippen molar-refractivity contribution >= 4 is 17.6 Å². The van der Waals surface area contributed by atoms with Crippen LogP contribution in [0.3, 0.4) is 0 Å². The predicted molar refractivity (Wildman–Crippen MR) is 48.8 cm³/mol. The third-order valence-electron chi connectivity index (χ3n) is 1.43. The molecule has 0 saturated heterocycles. The van der Waals surface area contributed by atoms with Crippen molar-refractivity contribution in [2.45, 2.75) is 0 Å². The number of rotatable bonds is 1. The smallest absolute Gasteiger partial charge is 0.0424 e. The summed E-state index contributed by atoms with van der Waals surface area (Å²) in [6.45, 7) is 0. The summed E-state index contributed by atoms with van der Waals surface area (Å²) < 4.78 is 0. The third-order valence-corrected chi connectivity index (χ3v) is 1.43. The second-order valence-electron chi connectivity index (χ2n) is 2.24. The molecule has 0 heterocycles. The Morgan fingerprint density at radius 1 is 1.27 bits per heavy atom. The lowest BCUT2D eigenvalue weighted by Crippen LogP contribution is -1.98. The molecule has 0 aliphatic heterocycles. The van der Waals surface area contributed by atoms with Gasteiger partial charge in [-0.15, -0.1) is 0 Å². The van der Waals surface area contributed by atoms with Gasteiger partial charge < -0.3 is 11.5 Å². The van der Waals surface area contributed by atoms with Crippen LogP contribution in [0.2, 0.25) is 0 Å². The summed E-state index contributed by atoms with van der Waals surface area (Å²) in [7, 11) is 1.69. The summed E-state index contributed by atoms with van der Waals surface area (Å²) in [5.74, 6) is 0. The Morgan fingerprint density at radius 3 is 2.27 bits per heavy atom. The van der Waals surface area contributed by atoms with E-state index in [1.807, 2.05) is 6.07 Å². The van der Waals surface area contributed by atoms with Gasteiger partial charge in [-0.3, -0.25) is 4.99 Å². The molecule has 0 unspecified atom stereocenters. The first-order valence-corrected chi connectivity index (χ1v) is 3.32. The summed E-state index contributed by atoms with van der Waals surface area (Å²) in [6.07, 6.45) is 1.66. The molecule has 0 aromatic heterocycles. The van der Waals surface area contributed by atoms with Crippen molar-refractivity contribution < 1.29 is 0 Å². The van der Waals surface area contributed by atoms with Gasteiger partial charge in [0.15, 0.2) is 0 Å². The van der Waals surface area contributed by atoms with Crippen molar-refractivity contribution in [3.63, 3.8) is 0 Å². The van der Waals surface area contributed by atoms with Gasteiger partial charge >= 0.3 is 0 Å². The highest BCUT2D eigenvalue weighted by molar-refractivity contribution is 5.93. The average molecular weight is 149 g/mol. The highest BCUT2D eigenvalue weighted by Gasteiger charge is 1.97. The standard InChI is InChI=1S/C8H11N3/c1-11-5-6-7(9)3-2-4-8(6)10/h2-5H,9-10H2,1H3/b11-5-. The second-order valence-corrected chi connectivity index (χ2v) is 2.24. The quantitative estimate of drug-likeness (QED) is 0.460. The topological polar surface area (TPSA) is 64.4 Å². The molecule has 4 N–H and O–H groups in total. The lowest BCUT2D eigenvalue weighted by Gasteiger charge is -2.01. The monoisotopic (exact) mass is 149 g/mol. The molecule has 0 aliphatic carbocycles. The maximum Gasteiger partial charge on any atom is 0.0424 e. The Kier molecular flexibility index (Phi) is 2.11. The minimum atomic E-state index is 0.663. The number of nitrogens with zero attached hydrogens (tertiary/aromatic N) is 1. The zero-order valence-electron chi connectivity index (χ0n) is 6.41. The normalized spacial score (nSPS) is 10.6. The van der Waals surface area contributed by atoms with E-state index >= 15 is 0 Å².